The van der Waals surface area contributed by atoms with Gasteiger partial charge in [0.05, 0.1) is 19.1 Å². The third kappa shape index (κ3) is 6.34. The highest BCUT2D eigenvalue weighted by Crippen LogP contribution is 2.18. The second-order valence-electron chi connectivity index (χ2n) is 8.40. The molecule has 0 saturated heterocycles. The first kappa shape index (κ1) is 21.4. The van der Waals surface area contributed by atoms with E-state index in [2.05, 4.69) is 48.3 Å². The topological polar surface area (TPSA) is 49.4 Å². The minimum Gasteiger partial charge on any atom is -0.300 e. The van der Waals surface area contributed by atoms with Gasteiger partial charge in [0, 0.05) is 12.1 Å². The molecule has 0 radical (unpaired) electrons. The molecule has 0 amide bonds. The fourth-order valence-electron chi connectivity index (χ4n) is 3.98. The van der Waals surface area contributed by atoms with Gasteiger partial charge in [0.25, 0.3) is 0 Å². The number of nitrogens with one attached hydrogen (secondary N) is 1. The highest BCUT2D eigenvalue weighted by Gasteiger charge is 2.24. The fourth-order valence-corrected chi connectivity index (χ4v) is 3.98. The van der Waals surface area contributed by atoms with Gasteiger partial charge in [-0.1, -0.05) is 68.4 Å². The number of nitrogens with zero attached hydrogens (tertiary/aromatic N) is 1. The maximum atomic E-state index is 13.1. The van der Waals surface area contributed by atoms with Crippen LogP contribution in [0.4, 0.5) is 0 Å². The van der Waals surface area contributed by atoms with Crippen LogP contribution < -0.4 is 5.32 Å². The molecule has 4 nitrogen and oxygen atoms in total. The summed E-state index contributed by atoms with van der Waals surface area (Å²) in [6.07, 6.45) is 2.88. The third-order valence-electron chi connectivity index (χ3n) is 5.51. The van der Waals surface area contributed by atoms with E-state index in [4.69, 9.17) is 0 Å². The lowest BCUT2D eigenvalue weighted by Crippen LogP contribution is -2.45. The van der Waals surface area contributed by atoms with Crippen LogP contribution in [0.5, 0.6) is 0 Å². The summed E-state index contributed by atoms with van der Waals surface area (Å²) in [4.78, 5) is 27.8. The molecular formula is C25H32N2O2. The van der Waals surface area contributed by atoms with Crippen molar-refractivity contribution in [1.29, 1.82) is 0 Å². The van der Waals surface area contributed by atoms with Crippen molar-refractivity contribution < 1.29 is 9.59 Å². The molecule has 2 aromatic carbocycles. The predicted octanol–water partition coefficient (Wildman–Crippen LogP) is 3.89. The molecule has 29 heavy (non-hydrogen) atoms. The quantitative estimate of drug-likeness (QED) is 0.658. The van der Waals surface area contributed by atoms with Gasteiger partial charge < -0.3 is 5.32 Å². The van der Waals surface area contributed by atoms with Gasteiger partial charge >= 0.3 is 0 Å². The first-order chi connectivity index (χ1) is 14.0. The van der Waals surface area contributed by atoms with Crippen LogP contribution in [0.15, 0.2) is 54.6 Å². The molecule has 0 bridgehead atoms. The van der Waals surface area contributed by atoms with Crippen LogP contribution >= 0.6 is 0 Å². The number of carbonyl (C=O) groups is 2. The number of fused-ring (bicyclic) bond motifs is 1. The Labute approximate surface area is 174 Å². The minimum absolute atomic E-state index is 0.0239. The lowest BCUT2D eigenvalue weighted by molar-refractivity contribution is -0.122. The number of benzene rings is 2. The van der Waals surface area contributed by atoms with E-state index in [-0.39, 0.29) is 24.2 Å². The Balaban J connectivity index is 1.60. The van der Waals surface area contributed by atoms with Crippen molar-refractivity contribution in [1.82, 2.24) is 10.2 Å². The molecule has 4 heteroatoms. The van der Waals surface area contributed by atoms with Gasteiger partial charge in [-0.05, 0) is 42.9 Å². The van der Waals surface area contributed by atoms with E-state index >= 15 is 0 Å². The summed E-state index contributed by atoms with van der Waals surface area (Å²) in [6.45, 7) is 6.59. The first-order valence-electron chi connectivity index (χ1n) is 10.7. The summed E-state index contributed by atoms with van der Waals surface area (Å²) in [6, 6.07) is 17.5. The van der Waals surface area contributed by atoms with Crippen LogP contribution in [0, 0.1) is 5.92 Å². The molecule has 2 aromatic rings. The summed E-state index contributed by atoms with van der Waals surface area (Å²) in [5.74, 6) is 0.586. The van der Waals surface area contributed by atoms with E-state index in [1.807, 2.05) is 30.3 Å². The lowest BCUT2D eigenvalue weighted by atomic mass is 9.99. The second kappa shape index (κ2) is 10.5. The normalized spacial score (nSPS) is 15.6. The number of hydrogen-bond acceptors (Lipinski definition) is 4. The Bertz CT molecular complexity index is 817. The maximum Gasteiger partial charge on any atom is 0.176 e. The Kier molecular flexibility index (Phi) is 7.73. The Morgan fingerprint density at radius 2 is 1.69 bits per heavy atom. The zero-order chi connectivity index (χ0) is 20.6. The lowest BCUT2D eigenvalue weighted by Gasteiger charge is -2.24. The molecule has 0 unspecified atom stereocenters. The highest BCUT2D eigenvalue weighted by molar-refractivity contribution is 5.98. The number of aryl methyl sites for hydroxylation is 1. The number of Topliss-reactive ketones (excluding diaryl/α,β-unsaturated/α-hetero) is 2. The molecule has 3 rings (SSSR count). The molecule has 0 aromatic heterocycles. The standard InChI is InChI=1S/C25H32N2O2/c1-19(2)15-23(26-16-24(28)21-10-4-3-5-11-21)25(29)18-27-14-8-13-20-9-6-7-12-22(20)17-27/h3-7,9-12,19,23,26H,8,13-18H2,1-2H3/t23-/m0/s1. The van der Waals surface area contributed by atoms with Crippen molar-refractivity contribution in [3.63, 3.8) is 0 Å². The van der Waals surface area contributed by atoms with E-state index in [9.17, 15) is 9.59 Å². The maximum absolute atomic E-state index is 13.1. The van der Waals surface area contributed by atoms with Crippen molar-refractivity contribution in [2.45, 2.75) is 45.7 Å². The van der Waals surface area contributed by atoms with Gasteiger partial charge in [0.15, 0.2) is 11.6 Å². The van der Waals surface area contributed by atoms with E-state index < -0.39 is 0 Å². The molecule has 154 valence electrons. The van der Waals surface area contributed by atoms with Gasteiger partial charge in [0.1, 0.15) is 0 Å². The second-order valence-corrected chi connectivity index (χ2v) is 8.40. The molecule has 1 aliphatic rings. The summed E-state index contributed by atoms with van der Waals surface area (Å²) in [7, 11) is 0. The zero-order valence-electron chi connectivity index (χ0n) is 17.6. The summed E-state index contributed by atoms with van der Waals surface area (Å²) < 4.78 is 0. The SMILES string of the molecule is CC(C)C[C@H](NCC(=O)c1ccccc1)C(=O)CN1CCCc2ccccc2C1. The highest BCUT2D eigenvalue weighted by atomic mass is 16.1. The predicted molar refractivity (Wildman–Crippen MR) is 117 cm³/mol. The van der Waals surface area contributed by atoms with Gasteiger partial charge in [-0.15, -0.1) is 0 Å². The van der Waals surface area contributed by atoms with E-state index in [0.717, 1.165) is 32.4 Å². The van der Waals surface area contributed by atoms with Crippen LogP contribution in [-0.2, 0) is 17.8 Å². The first-order valence-corrected chi connectivity index (χ1v) is 10.7. The summed E-state index contributed by atoms with van der Waals surface area (Å²) >= 11 is 0. The van der Waals surface area contributed by atoms with Gasteiger partial charge in [-0.3, -0.25) is 14.5 Å². The Hall–Kier alpha value is -2.30. The number of rotatable bonds is 9. The van der Waals surface area contributed by atoms with Gasteiger partial charge in [-0.2, -0.15) is 0 Å². The summed E-state index contributed by atoms with van der Waals surface area (Å²) in [5.41, 5.74) is 3.40. The minimum atomic E-state index is -0.291. The van der Waals surface area contributed by atoms with E-state index in [1.165, 1.54) is 11.1 Å². The zero-order valence-corrected chi connectivity index (χ0v) is 17.6. The molecule has 0 spiro atoms. The molecule has 1 N–H and O–H groups in total. The van der Waals surface area contributed by atoms with Crippen LogP contribution in [0.1, 0.15) is 48.2 Å². The average Bonchev–Trinajstić information content (AvgIpc) is 2.92. The molecule has 1 heterocycles. The smallest absolute Gasteiger partial charge is 0.176 e. The summed E-state index contributed by atoms with van der Waals surface area (Å²) in [5, 5.41) is 3.25. The van der Waals surface area contributed by atoms with Gasteiger partial charge in [0.2, 0.25) is 0 Å². The monoisotopic (exact) mass is 392 g/mol. The van der Waals surface area contributed by atoms with Crippen LogP contribution in [0.2, 0.25) is 0 Å². The fraction of sp³-hybridized carbons (Fsp3) is 0.440. The molecule has 0 aliphatic carbocycles. The van der Waals surface area contributed by atoms with Gasteiger partial charge in [-0.25, -0.2) is 0 Å². The van der Waals surface area contributed by atoms with Crippen molar-refractivity contribution in [2.75, 3.05) is 19.6 Å². The van der Waals surface area contributed by atoms with E-state index in [0.29, 0.717) is 18.0 Å². The largest absolute Gasteiger partial charge is 0.300 e. The molecule has 0 saturated carbocycles. The van der Waals surface area contributed by atoms with Crippen LogP contribution in [0.3, 0.4) is 0 Å². The van der Waals surface area contributed by atoms with Crippen LogP contribution in [0.25, 0.3) is 0 Å². The number of ketones is 2. The Morgan fingerprint density at radius 1 is 1.00 bits per heavy atom. The molecule has 0 fully saturated rings. The molecule has 1 atom stereocenters. The van der Waals surface area contributed by atoms with Crippen molar-refractivity contribution in [2.24, 2.45) is 5.92 Å². The van der Waals surface area contributed by atoms with Crippen molar-refractivity contribution in [3.05, 3.63) is 71.3 Å². The third-order valence-corrected chi connectivity index (χ3v) is 5.51. The van der Waals surface area contributed by atoms with Crippen molar-refractivity contribution in [3.8, 4) is 0 Å². The van der Waals surface area contributed by atoms with E-state index in [1.54, 1.807) is 0 Å². The number of hydrogen-bond donors (Lipinski definition) is 1. The molecule has 1 aliphatic heterocycles. The van der Waals surface area contributed by atoms with Crippen LogP contribution in [-0.4, -0.2) is 42.1 Å². The van der Waals surface area contributed by atoms with Crippen molar-refractivity contribution >= 4 is 11.6 Å². The molecular weight excluding hydrogens is 360 g/mol. The average molecular weight is 393 g/mol. The Morgan fingerprint density at radius 3 is 2.41 bits per heavy atom. The number of carbonyl (C=O) groups excluding carboxylic acids is 2.